The van der Waals surface area contributed by atoms with Crippen LogP contribution in [0.1, 0.15) is 0 Å². The second-order valence-corrected chi connectivity index (χ2v) is 4.90. The fourth-order valence-corrected chi connectivity index (χ4v) is 2.57. The van der Waals surface area contributed by atoms with Crippen molar-refractivity contribution in [2.75, 3.05) is 7.11 Å². The second kappa shape index (κ2) is 4.14. The highest BCUT2D eigenvalue weighted by atomic mass is 79.9. The smallest absolute Gasteiger partial charge is 0.291 e. The zero-order valence-corrected chi connectivity index (χ0v) is 11.3. The second-order valence-electron chi connectivity index (χ2n) is 3.99. The summed E-state index contributed by atoms with van der Waals surface area (Å²) in [6.45, 7) is 0. The van der Waals surface area contributed by atoms with Gasteiger partial charge in [-0.3, -0.25) is 4.79 Å². The topological polar surface area (TPSA) is 31.2 Å². The third kappa shape index (κ3) is 1.53. The molecule has 0 aliphatic rings. The number of pyridine rings is 1. The molecule has 3 nitrogen and oxygen atoms in total. The number of fused-ring (bicyclic) bond motifs is 3. The van der Waals surface area contributed by atoms with E-state index in [1.54, 1.807) is 0 Å². The number of benzene rings is 2. The molecule has 2 aromatic carbocycles. The summed E-state index contributed by atoms with van der Waals surface area (Å²) < 4.78 is 2.28. The lowest BCUT2D eigenvalue weighted by molar-refractivity contribution is 0.170. The molecule has 4 heteroatoms. The van der Waals surface area contributed by atoms with Crippen LogP contribution in [0.3, 0.4) is 0 Å². The lowest BCUT2D eigenvalue weighted by Crippen LogP contribution is -2.25. The predicted molar refractivity (Wildman–Crippen MR) is 75.9 cm³/mol. The minimum Gasteiger partial charge on any atom is -0.413 e. The molecule has 0 aliphatic heterocycles. The molecular formula is C14H10BrNO2. The van der Waals surface area contributed by atoms with E-state index in [2.05, 4.69) is 15.9 Å². The Morgan fingerprint density at radius 3 is 2.61 bits per heavy atom. The van der Waals surface area contributed by atoms with Crippen LogP contribution >= 0.6 is 15.9 Å². The first-order valence-corrected chi connectivity index (χ1v) is 6.29. The van der Waals surface area contributed by atoms with Gasteiger partial charge < -0.3 is 4.84 Å². The molecule has 0 amide bonds. The monoisotopic (exact) mass is 303 g/mol. The van der Waals surface area contributed by atoms with Crippen LogP contribution in [0, 0.1) is 0 Å². The molecule has 0 fully saturated rings. The van der Waals surface area contributed by atoms with Crippen molar-refractivity contribution in [3.63, 3.8) is 0 Å². The van der Waals surface area contributed by atoms with E-state index < -0.39 is 0 Å². The highest BCUT2D eigenvalue weighted by molar-refractivity contribution is 9.10. The molecule has 0 aliphatic carbocycles. The lowest BCUT2D eigenvalue weighted by Gasteiger charge is -2.11. The predicted octanol–water partition coefficient (Wildman–Crippen LogP) is 2.98. The Morgan fingerprint density at radius 1 is 1.06 bits per heavy atom. The third-order valence-corrected chi connectivity index (χ3v) is 3.49. The summed E-state index contributed by atoms with van der Waals surface area (Å²) >= 11 is 3.44. The summed E-state index contributed by atoms with van der Waals surface area (Å²) in [5.74, 6) is 0. The van der Waals surface area contributed by atoms with E-state index in [0.29, 0.717) is 5.39 Å². The van der Waals surface area contributed by atoms with E-state index in [1.165, 1.54) is 11.8 Å². The quantitative estimate of drug-likeness (QED) is 0.647. The van der Waals surface area contributed by atoms with Crippen LogP contribution in [0.15, 0.2) is 51.7 Å². The summed E-state index contributed by atoms with van der Waals surface area (Å²) in [5.41, 5.74) is 0.634. The van der Waals surface area contributed by atoms with Gasteiger partial charge in [0, 0.05) is 9.86 Å². The maximum Gasteiger partial charge on any atom is 0.291 e. The highest BCUT2D eigenvalue weighted by Crippen LogP contribution is 2.25. The molecule has 0 unspecified atom stereocenters. The van der Waals surface area contributed by atoms with E-state index >= 15 is 0 Å². The van der Waals surface area contributed by atoms with Gasteiger partial charge in [-0.2, -0.15) is 0 Å². The molecule has 0 spiro atoms. The van der Waals surface area contributed by atoms with Gasteiger partial charge in [0.2, 0.25) is 0 Å². The number of aromatic nitrogens is 1. The van der Waals surface area contributed by atoms with Crippen molar-refractivity contribution in [3.8, 4) is 0 Å². The van der Waals surface area contributed by atoms with Crippen LogP contribution in [0.25, 0.3) is 21.7 Å². The molecule has 0 saturated carbocycles. The summed E-state index contributed by atoms with van der Waals surface area (Å²) in [6.07, 6.45) is 0. The normalized spacial score (nSPS) is 11.0. The minimum absolute atomic E-state index is 0.140. The van der Waals surface area contributed by atoms with Crippen LogP contribution in [0.5, 0.6) is 0 Å². The average Bonchev–Trinajstić information content (AvgIpc) is 2.39. The number of halogens is 1. The number of para-hydroxylation sites is 1. The Bertz CT molecular complexity index is 808. The Hall–Kier alpha value is -1.81. The molecule has 1 heterocycles. The van der Waals surface area contributed by atoms with Gasteiger partial charge in [-0.1, -0.05) is 34.1 Å². The summed E-state index contributed by atoms with van der Waals surface area (Å²) in [6, 6.07) is 13.3. The third-order valence-electron chi connectivity index (χ3n) is 2.99. The van der Waals surface area contributed by atoms with Crippen LogP contribution in [-0.4, -0.2) is 11.8 Å². The average molecular weight is 304 g/mol. The Morgan fingerprint density at radius 2 is 1.83 bits per heavy atom. The maximum atomic E-state index is 12.3. The Balaban J connectivity index is 2.67. The molecular weight excluding hydrogens is 294 g/mol. The first kappa shape index (κ1) is 11.3. The highest BCUT2D eigenvalue weighted by Gasteiger charge is 2.10. The summed E-state index contributed by atoms with van der Waals surface area (Å²) in [5, 5.41) is 2.58. The largest absolute Gasteiger partial charge is 0.413 e. The van der Waals surface area contributed by atoms with Crippen LogP contribution in [0.4, 0.5) is 0 Å². The van der Waals surface area contributed by atoms with Gasteiger partial charge in [0.1, 0.15) is 7.11 Å². The van der Waals surface area contributed by atoms with Gasteiger partial charge in [-0.05, 0) is 29.7 Å². The van der Waals surface area contributed by atoms with E-state index in [4.69, 9.17) is 4.84 Å². The van der Waals surface area contributed by atoms with Gasteiger partial charge in [-0.25, -0.2) is 0 Å². The van der Waals surface area contributed by atoms with Gasteiger partial charge in [0.15, 0.2) is 0 Å². The fourth-order valence-electron chi connectivity index (χ4n) is 2.20. The minimum atomic E-state index is -0.140. The zero-order chi connectivity index (χ0) is 12.7. The standard InChI is InChI=1S/C14H10BrNO2/c1-18-16-13-5-3-2-4-10(13)12-8-9(15)6-7-11(12)14(16)17/h2-8H,1H3. The number of rotatable bonds is 1. The molecule has 0 saturated heterocycles. The summed E-state index contributed by atoms with van der Waals surface area (Å²) in [7, 11) is 1.50. The molecule has 3 aromatic rings. The Labute approximate surface area is 112 Å². The van der Waals surface area contributed by atoms with Crippen molar-refractivity contribution < 1.29 is 4.84 Å². The molecule has 0 bridgehead atoms. The van der Waals surface area contributed by atoms with Gasteiger partial charge in [-0.15, -0.1) is 4.73 Å². The van der Waals surface area contributed by atoms with Crippen molar-refractivity contribution >= 4 is 37.6 Å². The molecule has 18 heavy (non-hydrogen) atoms. The van der Waals surface area contributed by atoms with E-state index in [0.717, 1.165) is 20.8 Å². The van der Waals surface area contributed by atoms with Crippen LogP contribution < -0.4 is 10.4 Å². The van der Waals surface area contributed by atoms with Crippen molar-refractivity contribution in [1.29, 1.82) is 0 Å². The van der Waals surface area contributed by atoms with E-state index in [9.17, 15) is 4.79 Å². The van der Waals surface area contributed by atoms with E-state index in [-0.39, 0.29) is 5.56 Å². The first-order valence-electron chi connectivity index (χ1n) is 5.50. The first-order chi connectivity index (χ1) is 8.72. The van der Waals surface area contributed by atoms with E-state index in [1.807, 2.05) is 42.5 Å². The molecule has 90 valence electrons. The molecule has 1 aromatic heterocycles. The van der Waals surface area contributed by atoms with Gasteiger partial charge in [0.25, 0.3) is 5.56 Å². The molecule has 0 atom stereocenters. The van der Waals surface area contributed by atoms with Gasteiger partial charge >= 0.3 is 0 Å². The fraction of sp³-hybridized carbons (Fsp3) is 0.0714. The number of nitrogens with zero attached hydrogens (tertiary/aromatic N) is 1. The lowest BCUT2D eigenvalue weighted by atomic mass is 10.1. The van der Waals surface area contributed by atoms with Crippen molar-refractivity contribution in [2.45, 2.75) is 0 Å². The molecule has 0 radical (unpaired) electrons. The zero-order valence-electron chi connectivity index (χ0n) is 9.68. The van der Waals surface area contributed by atoms with Crippen LogP contribution in [0.2, 0.25) is 0 Å². The summed E-state index contributed by atoms with van der Waals surface area (Å²) in [4.78, 5) is 17.5. The number of hydrogen-bond donors (Lipinski definition) is 0. The molecule has 3 rings (SSSR count). The van der Waals surface area contributed by atoms with Crippen molar-refractivity contribution in [2.24, 2.45) is 0 Å². The maximum absolute atomic E-state index is 12.3. The van der Waals surface area contributed by atoms with Crippen LogP contribution in [-0.2, 0) is 0 Å². The van der Waals surface area contributed by atoms with Gasteiger partial charge in [0.05, 0.1) is 10.9 Å². The molecule has 0 N–H and O–H groups in total. The van der Waals surface area contributed by atoms with Crippen molar-refractivity contribution in [3.05, 3.63) is 57.3 Å². The number of hydrogen-bond acceptors (Lipinski definition) is 2. The Kier molecular flexibility index (Phi) is 2.59. The van der Waals surface area contributed by atoms with Crippen molar-refractivity contribution in [1.82, 2.24) is 4.73 Å². The SMILES string of the molecule is COn1c(=O)c2ccc(Br)cc2c2ccccc21.